The molecule has 0 bridgehead atoms. The lowest BCUT2D eigenvalue weighted by Crippen LogP contribution is -2.42. The van der Waals surface area contributed by atoms with Crippen molar-refractivity contribution in [3.05, 3.63) is 12.7 Å². The smallest absolute Gasteiger partial charge is 0.330 e. The van der Waals surface area contributed by atoms with Gasteiger partial charge in [-0.25, -0.2) is 4.79 Å². The lowest BCUT2D eigenvalue weighted by molar-refractivity contribution is -0.202. The van der Waals surface area contributed by atoms with E-state index in [-0.39, 0.29) is 6.61 Å². The molecule has 0 aliphatic heterocycles. The van der Waals surface area contributed by atoms with E-state index in [9.17, 15) is 4.79 Å². The first-order chi connectivity index (χ1) is 6.58. The number of carbonyl (C=O) groups is 1. The van der Waals surface area contributed by atoms with E-state index in [4.69, 9.17) is 14.2 Å². The van der Waals surface area contributed by atoms with Gasteiger partial charge in [0.15, 0.2) is 5.41 Å². The molecule has 0 saturated heterocycles. The normalized spacial score (nSPS) is 11.3. The molecule has 0 heterocycles. The van der Waals surface area contributed by atoms with Crippen LogP contribution in [0.25, 0.3) is 0 Å². The van der Waals surface area contributed by atoms with Crippen LogP contribution >= 0.6 is 0 Å². The van der Waals surface area contributed by atoms with Gasteiger partial charge in [0.2, 0.25) is 0 Å². The molecule has 0 aromatic heterocycles. The highest BCUT2D eigenvalue weighted by molar-refractivity contribution is 6.13. The minimum Gasteiger partial charge on any atom is -0.457 e. The van der Waals surface area contributed by atoms with Crippen molar-refractivity contribution in [3.63, 3.8) is 0 Å². The number of carbonyl (C=O) groups excluding carboxylic acids is 1. The number of ether oxygens (including phenoxy) is 3. The van der Waals surface area contributed by atoms with E-state index in [1.807, 2.05) is 13.8 Å². The zero-order chi connectivity index (χ0) is 11.0. The highest BCUT2D eigenvalue weighted by Gasteiger charge is 2.26. The highest BCUT2D eigenvalue weighted by atomic mass is 28.1. The van der Waals surface area contributed by atoms with Crippen LogP contribution in [0.5, 0.6) is 0 Å². The molecule has 0 saturated carbocycles. The van der Waals surface area contributed by atoms with Crippen LogP contribution < -0.4 is 0 Å². The first-order valence-corrected chi connectivity index (χ1v) is 5.65. The second-order valence-corrected chi connectivity index (χ2v) is 4.34. The molecule has 0 aliphatic rings. The van der Waals surface area contributed by atoms with Crippen molar-refractivity contribution in [1.82, 2.24) is 0 Å². The van der Waals surface area contributed by atoms with Crippen molar-refractivity contribution >= 4 is 16.2 Å². The Balaban J connectivity index is 4.07. The van der Waals surface area contributed by atoms with Gasteiger partial charge >= 0.3 is 5.97 Å². The second kappa shape index (κ2) is 6.75. The fourth-order valence-corrected chi connectivity index (χ4v) is 1.72. The first-order valence-electron chi connectivity index (χ1n) is 4.65. The fraction of sp³-hybridized carbons (Fsp3) is 0.667. The van der Waals surface area contributed by atoms with Crippen LogP contribution in [0, 0.1) is 0 Å². The Morgan fingerprint density at radius 1 is 1.43 bits per heavy atom. The summed E-state index contributed by atoms with van der Waals surface area (Å²) in [7, 11) is 0.640. The van der Waals surface area contributed by atoms with Gasteiger partial charge in [-0.2, -0.15) is 0 Å². The van der Waals surface area contributed by atoms with E-state index in [0.717, 1.165) is 6.08 Å². The van der Waals surface area contributed by atoms with E-state index in [1.165, 1.54) is 0 Å². The predicted molar refractivity (Wildman–Crippen MR) is 57.1 cm³/mol. The summed E-state index contributed by atoms with van der Waals surface area (Å²) >= 11 is 0. The number of rotatable bonds is 7. The first kappa shape index (κ1) is 13.3. The average Bonchev–Trinajstić information content (AvgIpc) is 2.15. The number of hydrogen-bond acceptors (Lipinski definition) is 4. The Morgan fingerprint density at radius 2 is 1.93 bits per heavy atom. The van der Waals surface area contributed by atoms with Gasteiger partial charge in [0.25, 0.3) is 0 Å². The van der Waals surface area contributed by atoms with Gasteiger partial charge < -0.3 is 14.2 Å². The summed E-state index contributed by atoms with van der Waals surface area (Å²) in [5, 5.41) is 0. The quantitative estimate of drug-likeness (QED) is 0.257. The van der Waals surface area contributed by atoms with Crippen molar-refractivity contribution in [1.29, 1.82) is 0 Å². The summed E-state index contributed by atoms with van der Waals surface area (Å²) in [5.41, 5.74) is -0.720. The Hall–Kier alpha value is -0.653. The van der Waals surface area contributed by atoms with Gasteiger partial charge in [-0.3, -0.25) is 0 Å². The maximum atomic E-state index is 10.8. The standard InChI is InChI=1S/C9H18O4Si/c1-4-8(10)11-7-9(14,12-5-2)13-6-3/h4H,1,5-7H2,2-3,14H3. The Morgan fingerprint density at radius 3 is 2.29 bits per heavy atom. The summed E-state index contributed by atoms with van der Waals surface area (Å²) in [5.74, 6) is -0.454. The lowest BCUT2D eigenvalue weighted by Gasteiger charge is -2.28. The zero-order valence-corrected chi connectivity index (χ0v) is 11.0. The van der Waals surface area contributed by atoms with Crippen LogP contribution in [0.1, 0.15) is 13.8 Å². The molecule has 5 heteroatoms. The molecule has 0 atom stereocenters. The molecule has 0 spiro atoms. The molecular weight excluding hydrogens is 200 g/mol. The minimum atomic E-state index is -0.720. The van der Waals surface area contributed by atoms with Crippen LogP contribution in [0.4, 0.5) is 0 Å². The van der Waals surface area contributed by atoms with Crippen molar-refractivity contribution in [3.8, 4) is 0 Å². The molecule has 0 aromatic carbocycles. The van der Waals surface area contributed by atoms with E-state index < -0.39 is 11.4 Å². The van der Waals surface area contributed by atoms with Gasteiger partial charge in [-0.1, -0.05) is 6.58 Å². The second-order valence-electron chi connectivity index (χ2n) is 2.81. The van der Waals surface area contributed by atoms with Gasteiger partial charge in [-0.05, 0) is 13.8 Å². The van der Waals surface area contributed by atoms with E-state index in [2.05, 4.69) is 6.58 Å². The van der Waals surface area contributed by atoms with E-state index >= 15 is 0 Å². The van der Waals surface area contributed by atoms with E-state index in [1.54, 1.807) is 0 Å². The molecule has 4 nitrogen and oxygen atoms in total. The summed E-state index contributed by atoms with van der Waals surface area (Å²) in [6.45, 7) is 8.26. The average molecular weight is 218 g/mol. The van der Waals surface area contributed by atoms with E-state index in [0.29, 0.717) is 23.5 Å². The van der Waals surface area contributed by atoms with Crippen molar-refractivity contribution in [2.75, 3.05) is 19.8 Å². The third kappa shape index (κ3) is 5.16. The summed E-state index contributed by atoms with van der Waals surface area (Å²) in [4.78, 5) is 10.8. The molecular formula is C9H18O4Si. The minimum absolute atomic E-state index is 0.131. The van der Waals surface area contributed by atoms with Gasteiger partial charge in [0, 0.05) is 19.3 Å². The summed E-state index contributed by atoms with van der Waals surface area (Å²) in [6, 6.07) is 0. The molecule has 0 radical (unpaired) electrons. The largest absolute Gasteiger partial charge is 0.457 e. The SMILES string of the molecule is C=CC(=O)OCC([SiH3])(OCC)OCC. The van der Waals surface area contributed by atoms with Gasteiger partial charge in [-0.15, -0.1) is 0 Å². The molecule has 14 heavy (non-hydrogen) atoms. The monoisotopic (exact) mass is 218 g/mol. The van der Waals surface area contributed by atoms with Crippen molar-refractivity contribution in [2.45, 2.75) is 19.3 Å². The maximum Gasteiger partial charge on any atom is 0.330 e. The van der Waals surface area contributed by atoms with Crippen LogP contribution in [0.3, 0.4) is 0 Å². The third-order valence-electron chi connectivity index (χ3n) is 1.54. The highest BCUT2D eigenvalue weighted by Crippen LogP contribution is 2.09. The van der Waals surface area contributed by atoms with Crippen LogP contribution in [-0.2, 0) is 19.0 Å². The molecule has 0 unspecified atom stereocenters. The molecule has 82 valence electrons. The van der Waals surface area contributed by atoms with Gasteiger partial charge in [0.05, 0.1) is 10.2 Å². The Bertz CT molecular complexity index is 187. The molecule has 0 aromatic rings. The van der Waals surface area contributed by atoms with Gasteiger partial charge in [0.1, 0.15) is 6.61 Å². The molecule has 0 rings (SSSR count). The molecule has 0 N–H and O–H groups in total. The molecule has 0 fully saturated rings. The molecule has 0 amide bonds. The lowest BCUT2D eigenvalue weighted by atomic mass is 10.6. The fourth-order valence-electron chi connectivity index (χ4n) is 0.997. The third-order valence-corrected chi connectivity index (χ3v) is 2.41. The summed E-state index contributed by atoms with van der Waals surface area (Å²) < 4.78 is 15.7. The van der Waals surface area contributed by atoms with Crippen LogP contribution in [-0.4, -0.2) is 41.4 Å². The Labute approximate surface area is 87.6 Å². The topological polar surface area (TPSA) is 44.8 Å². The number of hydrogen-bond donors (Lipinski definition) is 0. The van der Waals surface area contributed by atoms with Crippen LogP contribution in [0.2, 0.25) is 0 Å². The Kier molecular flexibility index (Phi) is 6.43. The summed E-state index contributed by atoms with van der Waals surface area (Å²) in [6.07, 6.45) is 1.12. The number of esters is 1. The van der Waals surface area contributed by atoms with Crippen molar-refractivity contribution in [2.24, 2.45) is 0 Å². The maximum absolute atomic E-state index is 10.8. The van der Waals surface area contributed by atoms with Crippen LogP contribution in [0.15, 0.2) is 12.7 Å². The molecule has 0 aliphatic carbocycles. The predicted octanol–water partition coefficient (Wildman–Crippen LogP) is -0.192. The zero-order valence-electron chi connectivity index (χ0n) is 9.04. The van der Waals surface area contributed by atoms with Crippen molar-refractivity contribution < 1.29 is 19.0 Å².